The Morgan fingerprint density at radius 1 is 1.25 bits per heavy atom. The van der Waals surface area contributed by atoms with Crippen molar-refractivity contribution < 1.29 is 0 Å². The molecule has 0 aromatic carbocycles. The molecule has 3 rings (SSSR count). The fourth-order valence-corrected chi connectivity index (χ4v) is 3.08. The highest BCUT2D eigenvalue weighted by Gasteiger charge is 2.26. The van der Waals surface area contributed by atoms with Crippen LogP contribution in [0.15, 0.2) is 18.2 Å². The van der Waals surface area contributed by atoms with E-state index in [1.54, 1.807) is 11.3 Å². The zero-order valence-corrected chi connectivity index (χ0v) is 13.0. The van der Waals surface area contributed by atoms with Crippen LogP contribution in [0.2, 0.25) is 0 Å². The number of rotatable bonds is 6. The van der Waals surface area contributed by atoms with Gasteiger partial charge in [0.2, 0.25) is 0 Å². The maximum absolute atomic E-state index is 4.78. The molecule has 0 spiro atoms. The lowest BCUT2D eigenvalue weighted by Crippen LogP contribution is -2.05. The Kier molecular flexibility index (Phi) is 4.01. The third-order valence-electron chi connectivity index (χ3n) is 3.53. The predicted octanol–water partition coefficient (Wildman–Crippen LogP) is 4.47. The van der Waals surface area contributed by atoms with Crippen molar-refractivity contribution in [2.75, 3.05) is 11.9 Å². The van der Waals surface area contributed by atoms with Gasteiger partial charge in [0.25, 0.3) is 0 Å². The summed E-state index contributed by atoms with van der Waals surface area (Å²) in [5.74, 6) is 2.52. The van der Waals surface area contributed by atoms with Crippen LogP contribution in [0.1, 0.15) is 49.6 Å². The average Bonchev–Trinajstić information content (AvgIpc) is 3.22. The maximum atomic E-state index is 4.78. The number of hydrogen-bond acceptors (Lipinski definition) is 4. The smallest absolute Gasteiger partial charge is 0.171 e. The molecular weight excluding hydrogens is 266 g/mol. The molecule has 106 valence electrons. The van der Waals surface area contributed by atoms with Crippen LogP contribution in [0, 0.1) is 0 Å². The van der Waals surface area contributed by atoms with Crippen LogP contribution in [0.25, 0.3) is 10.7 Å². The summed E-state index contributed by atoms with van der Waals surface area (Å²) in [5, 5.41) is 3.40. The standard InChI is InChI=1S/C16H21N3S/c1-3-9-17-15-10-13(11-5-6-11)18-16(19-15)14-8-7-12(4-2)20-14/h7-8,10-11H,3-6,9H2,1-2H3,(H,17,18,19). The largest absolute Gasteiger partial charge is 0.370 e. The van der Waals surface area contributed by atoms with Gasteiger partial charge < -0.3 is 5.32 Å². The van der Waals surface area contributed by atoms with Crippen LogP contribution < -0.4 is 5.32 Å². The highest BCUT2D eigenvalue weighted by molar-refractivity contribution is 7.15. The molecule has 0 amide bonds. The first-order chi connectivity index (χ1) is 9.80. The minimum atomic E-state index is 0.657. The molecule has 1 aliphatic carbocycles. The molecule has 0 atom stereocenters. The van der Waals surface area contributed by atoms with Gasteiger partial charge in [0.05, 0.1) is 4.88 Å². The topological polar surface area (TPSA) is 37.8 Å². The Bertz CT molecular complexity index is 587. The number of aryl methyl sites for hydroxylation is 1. The Morgan fingerprint density at radius 2 is 2.10 bits per heavy atom. The second-order valence-corrected chi connectivity index (χ2v) is 6.49. The molecule has 3 nitrogen and oxygen atoms in total. The average molecular weight is 287 g/mol. The lowest BCUT2D eigenvalue weighted by Gasteiger charge is -2.08. The van der Waals surface area contributed by atoms with Gasteiger partial charge in [-0.25, -0.2) is 9.97 Å². The van der Waals surface area contributed by atoms with Gasteiger partial charge in [-0.1, -0.05) is 13.8 Å². The van der Waals surface area contributed by atoms with E-state index in [2.05, 4.69) is 42.3 Å². The summed E-state index contributed by atoms with van der Waals surface area (Å²) in [6, 6.07) is 6.47. The number of nitrogens with one attached hydrogen (secondary N) is 1. The van der Waals surface area contributed by atoms with Gasteiger partial charge in [0.1, 0.15) is 5.82 Å². The number of nitrogens with zero attached hydrogens (tertiary/aromatic N) is 2. The van der Waals surface area contributed by atoms with Gasteiger partial charge >= 0.3 is 0 Å². The van der Waals surface area contributed by atoms with Crippen LogP contribution >= 0.6 is 11.3 Å². The molecule has 1 aliphatic rings. The first kappa shape index (κ1) is 13.6. The predicted molar refractivity (Wildman–Crippen MR) is 85.5 cm³/mol. The number of aromatic nitrogens is 2. The molecule has 0 unspecified atom stereocenters. The van der Waals surface area contributed by atoms with Crippen molar-refractivity contribution in [1.29, 1.82) is 0 Å². The fraction of sp³-hybridized carbons (Fsp3) is 0.500. The van der Waals surface area contributed by atoms with Crippen molar-refractivity contribution in [1.82, 2.24) is 9.97 Å². The first-order valence-electron chi connectivity index (χ1n) is 7.52. The van der Waals surface area contributed by atoms with Crippen molar-refractivity contribution >= 4 is 17.2 Å². The SMILES string of the molecule is CCCNc1cc(C2CC2)nc(-c2ccc(CC)s2)n1. The molecule has 2 aromatic heterocycles. The quantitative estimate of drug-likeness (QED) is 0.852. The van der Waals surface area contributed by atoms with Gasteiger partial charge in [-0.05, 0) is 37.8 Å². The van der Waals surface area contributed by atoms with E-state index in [0.717, 1.165) is 31.0 Å². The Balaban J connectivity index is 1.93. The van der Waals surface area contributed by atoms with Crippen LogP contribution in [-0.2, 0) is 6.42 Å². The Labute approximate surface area is 124 Å². The van der Waals surface area contributed by atoms with E-state index < -0.39 is 0 Å². The zero-order chi connectivity index (χ0) is 13.9. The van der Waals surface area contributed by atoms with E-state index >= 15 is 0 Å². The second-order valence-electron chi connectivity index (χ2n) is 5.32. The zero-order valence-electron chi connectivity index (χ0n) is 12.1. The highest BCUT2D eigenvalue weighted by Crippen LogP contribution is 2.40. The molecular formula is C16H21N3S. The fourth-order valence-electron chi connectivity index (χ4n) is 2.20. The summed E-state index contributed by atoms with van der Waals surface area (Å²) in [6.45, 7) is 5.32. The van der Waals surface area contributed by atoms with E-state index in [-0.39, 0.29) is 0 Å². The molecule has 2 heterocycles. The van der Waals surface area contributed by atoms with Crippen LogP contribution in [0.5, 0.6) is 0 Å². The lowest BCUT2D eigenvalue weighted by atomic mass is 10.2. The molecule has 2 aromatic rings. The summed E-state index contributed by atoms with van der Waals surface area (Å²) in [7, 11) is 0. The van der Waals surface area contributed by atoms with Crippen molar-refractivity contribution in [3.8, 4) is 10.7 Å². The monoisotopic (exact) mass is 287 g/mol. The van der Waals surface area contributed by atoms with Crippen LogP contribution in [0.3, 0.4) is 0 Å². The molecule has 4 heteroatoms. The highest BCUT2D eigenvalue weighted by atomic mass is 32.1. The third kappa shape index (κ3) is 3.01. The number of hydrogen-bond donors (Lipinski definition) is 1. The summed E-state index contributed by atoms with van der Waals surface area (Å²) >= 11 is 1.81. The maximum Gasteiger partial charge on any atom is 0.171 e. The second kappa shape index (κ2) is 5.92. The molecule has 20 heavy (non-hydrogen) atoms. The van der Waals surface area contributed by atoms with Crippen molar-refractivity contribution in [2.24, 2.45) is 0 Å². The molecule has 0 radical (unpaired) electrons. The van der Waals surface area contributed by atoms with Gasteiger partial charge in [0.15, 0.2) is 5.82 Å². The van der Waals surface area contributed by atoms with E-state index in [1.807, 2.05) is 0 Å². The van der Waals surface area contributed by atoms with E-state index in [0.29, 0.717) is 5.92 Å². The lowest BCUT2D eigenvalue weighted by molar-refractivity contribution is 0.949. The third-order valence-corrected chi connectivity index (χ3v) is 4.75. The number of thiophene rings is 1. The van der Waals surface area contributed by atoms with E-state index in [9.17, 15) is 0 Å². The molecule has 0 bridgehead atoms. The van der Waals surface area contributed by atoms with Crippen molar-refractivity contribution in [3.05, 3.63) is 28.8 Å². The summed E-state index contributed by atoms with van der Waals surface area (Å²) in [6.07, 6.45) is 4.73. The molecule has 0 aliphatic heterocycles. The molecule has 0 saturated heterocycles. The summed E-state index contributed by atoms with van der Waals surface area (Å²) < 4.78 is 0. The first-order valence-corrected chi connectivity index (χ1v) is 8.33. The Morgan fingerprint density at radius 3 is 2.75 bits per heavy atom. The van der Waals surface area contributed by atoms with Crippen molar-refractivity contribution in [2.45, 2.75) is 45.4 Å². The molecule has 1 saturated carbocycles. The van der Waals surface area contributed by atoms with Gasteiger partial charge in [-0.15, -0.1) is 11.3 Å². The summed E-state index contributed by atoms with van der Waals surface area (Å²) in [4.78, 5) is 12.0. The normalized spacial score (nSPS) is 14.5. The van der Waals surface area contributed by atoms with Gasteiger partial charge in [0, 0.05) is 29.1 Å². The van der Waals surface area contributed by atoms with E-state index in [4.69, 9.17) is 4.98 Å². The van der Waals surface area contributed by atoms with Crippen LogP contribution in [0.4, 0.5) is 5.82 Å². The Hall–Kier alpha value is -1.42. The van der Waals surface area contributed by atoms with Crippen molar-refractivity contribution in [3.63, 3.8) is 0 Å². The van der Waals surface area contributed by atoms with Gasteiger partial charge in [-0.3, -0.25) is 0 Å². The van der Waals surface area contributed by atoms with Crippen LogP contribution in [-0.4, -0.2) is 16.5 Å². The van der Waals surface area contributed by atoms with Gasteiger partial charge in [-0.2, -0.15) is 0 Å². The molecule has 1 fully saturated rings. The summed E-state index contributed by atoms with van der Waals surface area (Å²) in [5.41, 5.74) is 1.21. The number of anilines is 1. The molecule has 1 N–H and O–H groups in total. The minimum Gasteiger partial charge on any atom is -0.370 e. The minimum absolute atomic E-state index is 0.657. The van der Waals surface area contributed by atoms with E-state index in [1.165, 1.54) is 28.3 Å².